The van der Waals surface area contributed by atoms with Crippen molar-refractivity contribution in [3.05, 3.63) is 57.2 Å². The fourth-order valence-corrected chi connectivity index (χ4v) is 2.96. The van der Waals surface area contributed by atoms with E-state index in [1.54, 1.807) is 18.2 Å². The van der Waals surface area contributed by atoms with Gasteiger partial charge in [-0.1, -0.05) is 11.8 Å². The lowest BCUT2D eigenvalue weighted by Crippen LogP contribution is -2.02. The van der Waals surface area contributed by atoms with Crippen LogP contribution in [0.1, 0.15) is 11.1 Å². The van der Waals surface area contributed by atoms with Gasteiger partial charge < -0.3 is 5.11 Å². The first kappa shape index (κ1) is 14.9. The van der Waals surface area contributed by atoms with Crippen LogP contribution in [0.5, 0.6) is 0 Å². The van der Waals surface area contributed by atoms with Crippen LogP contribution in [0.15, 0.2) is 52.3 Å². The largest absolute Gasteiger partial charge is 0.481 e. The summed E-state index contributed by atoms with van der Waals surface area (Å²) in [6, 6.07) is 15.2. The first-order valence-corrected chi connectivity index (χ1v) is 7.66. The number of benzene rings is 2. The first-order valence-electron chi connectivity index (χ1n) is 5.77. The van der Waals surface area contributed by atoms with Gasteiger partial charge in [0.2, 0.25) is 0 Å². The second-order valence-electron chi connectivity index (χ2n) is 4.06. The minimum atomic E-state index is -0.899. The number of hydrogen-bond acceptors (Lipinski definition) is 3. The topological polar surface area (TPSA) is 61.1 Å². The van der Waals surface area contributed by atoms with Gasteiger partial charge >= 0.3 is 5.97 Å². The van der Waals surface area contributed by atoms with E-state index in [0.29, 0.717) is 11.1 Å². The number of nitriles is 1. The molecule has 0 saturated carbocycles. The van der Waals surface area contributed by atoms with Gasteiger partial charge in [0.1, 0.15) is 0 Å². The molecule has 0 amide bonds. The highest BCUT2D eigenvalue weighted by Gasteiger charge is 2.09. The van der Waals surface area contributed by atoms with Gasteiger partial charge in [0.15, 0.2) is 0 Å². The Balaban J connectivity index is 2.32. The summed E-state index contributed by atoms with van der Waals surface area (Å²) < 4.78 is 1.15. The molecule has 0 aliphatic heterocycles. The molecule has 0 saturated heterocycles. The van der Waals surface area contributed by atoms with Gasteiger partial charge in [-0.3, -0.25) is 4.79 Å². The molecule has 0 aromatic heterocycles. The smallest absolute Gasteiger partial charge is 0.307 e. The minimum Gasteiger partial charge on any atom is -0.481 e. The molecule has 2 aromatic rings. The zero-order chi connectivity index (χ0) is 14.5. The Morgan fingerprint density at radius 1 is 1.25 bits per heavy atom. The number of aliphatic carboxylic acids is 1. The molecule has 0 aliphatic carbocycles. The lowest BCUT2D eigenvalue weighted by molar-refractivity contribution is -0.136. The van der Waals surface area contributed by atoms with Crippen molar-refractivity contribution < 1.29 is 9.90 Å². The van der Waals surface area contributed by atoms with Crippen LogP contribution in [0.2, 0.25) is 0 Å². The van der Waals surface area contributed by atoms with E-state index in [9.17, 15) is 4.79 Å². The number of carboxylic acids is 1. The summed E-state index contributed by atoms with van der Waals surface area (Å²) in [5.41, 5.74) is 1.15. The summed E-state index contributed by atoms with van der Waals surface area (Å²) in [4.78, 5) is 12.8. The number of carboxylic acid groups (broad SMARTS) is 1. The Bertz CT molecular complexity index is 677. The van der Waals surface area contributed by atoms with E-state index in [0.717, 1.165) is 13.4 Å². The zero-order valence-corrected chi connectivity index (χ0v) is 13.3. The van der Waals surface area contributed by atoms with E-state index in [1.165, 1.54) is 11.8 Å². The standard InChI is InChI=1S/C15H10INO2S/c16-12-2-4-13(5-3-12)20-14-6-1-10(9-17)7-11(14)8-15(18)19/h1-7H,8H2,(H,18,19). The molecule has 2 aromatic carbocycles. The van der Waals surface area contributed by atoms with Crippen LogP contribution in [0.3, 0.4) is 0 Å². The maximum atomic E-state index is 10.9. The van der Waals surface area contributed by atoms with E-state index < -0.39 is 5.97 Å². The molecule has 0 unspecified atom stereocenters. The third kappa shape index (κ3) is 3.99. The van der Waals surface area contributed by atoms with Crippen LogP contribution in [0.25, 0.3) is 0 Å². The third-order valence-electron chi connectivity index (χ3n) is 2.57. The first-order chi connectivity index (χ1) is 9.58. The predicted octanol–water partition coefficient (Wildman–Crippen LogP) is 3.94. The van der Waals surface area contributed by atoms with Crippen molar-refractivity contribution in [1.29, 1.82) is 5.26 Å². The lowest BCUT2D eigenvalue weighted by atomic mass is 10.1. The Morgan fingerprint density at radius 3 is 2.55 bits per heavy atom. The minimum absolute atomic E-state index is 0.0811. The second-order valence-corrected chi connectivity index (χ2v) is 6.42. The molecule has 3 nitrogen and oxygen atoms in total. The predicted molar refractivity (Wildman–Crippen MR) is 85.8 cm³/mol. The molecule has 0 spiro atoms. The van der Waals surface area contributed by atoms with Crippen LogP contribution in [0.4, 0.5) is 0 Å². The fraction of sp³-hybridized carbons (Fsp3) is 0.0667. The highest BCUT2D eigenvalue weighted by Crippen LogP contribution is 2.31. The van der Waals surface area contributed by atoms with Crippen LogP contribution >= 0.6 is 34.4 Å². The Kier molecular flexibility index (Phi) is 5.04. The van der Waals surface area contributed by atoms with Crippen molar-refractivity contribution in [2.45, 2.75) is 16.2 Å². The second kappa shape index (κ2) is 6.77. The summed E-state index contributed by atoms with van der Waals surface area (Å²) in [6.45, 7) is 0. The van der Waals surface area contributed by atoms with Crippen molar-refractivity contribution in [2.24, 2.45) is 0 Å². The maximum absolute atomic E-state index is 10.9. The Hall–Kier alpha value is -1.52. The molecule has 0 fully saturated rings. The number of rotatable bonds is 4. The molecule has 0 heterocycles. The van der Waals surface area contributed by atoms with Crippen LogP contribution in [0, 0.1) is 14.9 Å². The van der Waals surface area contributed by atoms with E-state index >= 15 is 0 Å². The molecule has 20 heavy (non-hydrogen) atoms. The molecular weight excluding hydrogens is 385 g/mol. The SMILES string of the molecule is N#Cc1ccc(Sc2ccc(I)cc2)c(CC(=O)O)c1. The Labute approximate surface area is 134 Å². The summed E-state index contributed by atoms with van der Waals surface area (Å²) in [5.74, 6) is -0.899. The van der Waals surface area contributed by atoms with Crippen molar-refractivity contribution >= 4 is 40.3 Å². The average Bonchev–Trinajstić information content (AvgIpc) is 2.42. The maximum Gasteiger partial charge on any atom is 0.307 e. The lowest BCUT2D eigenvalue weighted by Gasteiger charge is -2.08. The van der Waals surface area contributed by atoms with Gasteiger partial charge in [-0.2, -0.15) is 5.26 Å². The quantitative estimate of drug-likeness (QED) is 0.797. The average molecular weight is 395 g/mol. The van der Waals surface area contributed by atoms with Gasteiger partial charge in [-0.15, -0.1) is 0 Å². The number of hydrogen-bond donors (Lipinski definition) is 1. The normalized spacial score (nSPS) is 10.0. The highest BCUT2D eigenvalue weighted by molar-refractivity contribution is 14.1. The molecule has 1 N–H and O–H groups in total. The molecule has 2 rings (SSSR count). The highest BCUT2D eigenvalue weighted by atomic mass is 127. The van der Waals surface area contributed by atoms with E-state index in [-0.39, 0.29) is 6.42 Å². The molecule has 0 atom stereocenters. The van der Waals surface area contributed by atoms with Crippen LogP contribution in [-0.2, 0) is 11.2 Å². The molecular formula is C15H10INO2S. The van der Waals surface area contributed by atoms with Gasteiger partial charge in [0.25, 0.3) is 0 Å². The molecule has 0 bridgehead atoms. The van der Waals surface area contributed by atoms with Gasteiger partial charge in [0.05, 0.1) is 18.1 Å². The van der Waals surface area contributed by atoms with Crippen molar-refractivity contribution in [1.82, 2.24) is 0 Å². The van der Waals surface area contributed by atoms with E-state index in [1.807, 2.05) is 30.3 Å². The van der Waals surface area contributed by atoms with Gasteiger partial charge in [0, 0.05) is 13.4 Å². The number of nitrogens with zero attached hydrogens (tertiary/aromatic N) is 1. The molecule has 0 aliphatic rings. The third-order valence-corrected chi connectivity index (χ3v) is 4.42. The monoisotopic (exact) mass is 395 g/mol. The molecule has 100 valence electrons. The van der Waals surface area contributed by atoms with Crippen LogP contribution < -0.4 is 0 Å². The van der Waals surface area contributed by atoms with E-state index in [4.69, 9.17) is 10.4 Å². The molecule has 0 radical (unpaired) electrons. The summed E-state index contributed by atoms with van der Waals surface area (Å²) >= 11 is 3.74. The number of halogens is 1. The van der Waals surface area contributed by atoms with Gasteiger partial charge in [-0.05, 0) is 70.6 Å². The zero-order valence-electron chi connectivity index (χ0n) is 10.3. The Morgan fingerprint density at radius 2 is 1.95 bits per heavy atom. The number of carbonyl (C=O) groups is 1. The van der Waals surface area contributed by atoms with Crippen molar-refractivity contribution in [3.63, 3.8) is 0 Å². The fourth-order valence-electron chi connectivity index (χ4n) is 1.68. The van der Waals surface area contributed by atoms with Crippen molar-refractivity contribution in [2.75, 3.05) is 0 Å². The summed E-state index contributed by atoms with van der Waals surface area (Å²) in [6.07, 6.45) is -0.0811. The molecule has 5 heteroatoms. The van der Waals surface area contributed by atoms with Crippen LogP contribution in [-0.4, -0.2) is 11.1 Å². The summed E-state index contributed by atoms with van der Waals surface area (Å²) in [5, 5.41) is 17.9. The van der Waals surface area contributed by atoms with E-state index in [2.05, 4.69) is 22.6 Å². The summed E-state index contributed by atoms with van der Waals surface area (Å²) in [7, 11) is 0. The van der Waals surface area contributed by atoms with Crippen molar-refractivity contribution in [3.8, 4) is 6.07 Å². The van der Waals surface area contributed by atoms with Gasteiger partial charge in [-0.25, -0.2) is 0 Å².